The summed E-state index contributed by atoms with van der Waals surface area (Å²) >= 11 is 0. The monoisotopic (exact) mass is 98.0 g/mol. The average Bonchev–Trinajstić information content (AvgIpc) is 0.918. The van der Waals surface area contributed by atoms with Gasteiger partial charge in [-0.1, -0.05) is 0 Å². The maximum atomic E-state index is 8.36. The Hall–Kier alpha value is 1.00. The Morgan fingerprint density at radius 3 is 1.40 bits per heavy atom. The molecule has 0 atom stereocenters. The number of carboxylic acid groups (broad SMARTS) is 1. The van der Waals surface area contributed by atoms with Crippen LogP contribution in [0.3, 0.4) is 0 Å². The van der Waals surface area contributed by atoms with Crippen LogP contribution in [0.1, 0.15) is 0 Å². The molecule has 26 valence electrons. The minimum atomic E-state index is -0.250. The Balaban J connectivity index is -0.0000000200. The van der Waals surface area contributed by atoms with Gasteiger partial charge in [-0.2, -0.15) is 0 Å². The number of hydrogen-bond acceptors (Lipinski definition) is 1. The molecule has 0 amide bonds. The van der Waals surface area contributed by atoms with Crippen LogP contribution in [0.4, 0.5) is 0 Å². The molecule has 0 aromatic carbocycles. The molecule has 0 bridgehead atoms. The van der Waals surface area contributed by atoms with E-state index in [1.807, 2.05) is 0 Å². The minimum Gasteiger partial charge on any atom is -0.483 e. The lowest BCUT2D eigenvalue weighted by atomic mass is 11.7. The van der Waals surface area contributed by atoms with Crippen molar-refractivity contribution < 1.29 is 9.90 Å². The molecule has 0 heterocycles. The van der Waals surface area contributed by atoms with E-state index in [0.29, 0.717) is 0 Å². The van der Waals surface area contributed by atoms with Crippen molar-refractivity contribution in [1.82, 2.24) is 0 Å². The summed E-state index contributed by atoms with van der Waals surface area (Å²) in [7, 11) is 0. The molecule has 0 aromatic heterocycles. The first kappa shape index (κ1) is 16.7. The summed E-state index contributed by atoms with van der Waals surface area (Å²) in [5.74, 6) is 0. The second-order valence-corrected chi connectivity index (χ2v) is 0.105. The van der Waals surface area contributed by atoms with Crippen LogP contribution in [0.5, 0.6) is 0 Å². The van der Waals surface area contributed by atoms with Gasteiger partial charge in [0.25, 0.3) is 6.47 Å². The van der Waals surface area contributed by atoms with Crippen molar-refractivity contribution in [2.75, 3.05) is 0 Å². The van der Waals surface area contributed by atoms with E-state index in [9.17, 15) is 0 Å². The fourth-order valence-electron chi connectivity index (χ4n) is 0. The van der Waals surface area contributed by atoms with Crippen molar-refractivity contribution in [1.29, 1.82) is 0 Å². The standard InChI is InChI=1S/CH2O2.2Mg.4H/c2-1-3;;;;;;/h1H,(H,2,3);;;;;;. The third kappa shape index (κ3) is 44.9. The van der Waals surface area contributed by atoms with Crippen LogP contribution in [-0.4, -0.2) is 57.7 Å². The topological polar surface area (TPSA) is 37.3 Å². The summed E-state index contributed by atoms with van der Waals surface area (Å²) in [5.41, 5.74) is 0. The van der Waals surface area contributed by atoms with Gasteiger partial charge < -0.3 is 5.11 Å². The third-order valence-electron chi connectivity index (χ3n) is 0. The van der Waals surface area contributed by atoms with Gasteiger partial charge in [-0.15, -0.1) is 0 Å². The van der Waals surface area contributed by atoms with Crippen LogP contribution < -0.4 is 0 Å². The van der Waals surface area contributed by atoms with Gasteiger partial charge in [0.2, 0.25) is 0 Å². The number of rotatable bonds is 0. The van der Waals surface area contributed by atoms with Crippen LogP contribution in [0.15, 0.2) is 0 Å². The average molecular weight is 98.7 g/mol. The zero-order valence-electron chi connectivity index (χ0n) is 1.43. The van der Waals surface area contributed by atoms with E-state index in [4.69, 9.17) is 9.90 Å². The fourth-order valence-corrected chi connectivity index (χ4v) is 0. The van der Waals surface area contributed by atoms with E-state index in [0.717, 1.165) is 0 Å². The molecule has 0 saturated heterocycles. The first-order valence-corrected chi connectivity index (χ1v) is 0.494. The summed E-state index contributed by atoms with van der Waals surface area (Å²) in [6.07, 6.45) is 0. The molecule has 0 spiro atoms. The predicted octanol–water partition coefficient (Wildman–Crippen LogP) is -2.13. The highest BCUT2D eigenvalue weighted by atomic mass is 24.3. The van der Waals surface area contributed by atoms with Gasteiger partial charge in [-0.3, -0.25) is 4.79 Å². The van der Waals surface area contributed by atoms with E-state index < -0.39 is 0 Å². The van der Waals surface area contributed by atoms with Gasteiger partial charge in [0.05, 0.1) is 0 Å². The SMILES string of the molecule is O=CO.[MgH2].[MgH2]. The predicted molar refractivity (Wildman–Crippen MR) is 25.8 cm³/mol. The molecule has 0 aliphatic carbocycles. The van der Waals surface area contributed by atoms with Crippen LogP contribution in [0, 0.1) is 0 Å². The van der Waals surface area contributed by atoms with Gasteiger partial charge in [0, 0.05) is 0 Å². The summed E-state index contributed by atoms with van der Waals surface area (Å²) in [6.45, 7) is -0.250. The van der Waals surface area contributed by atoms with Crippen LogP contribution in [0.2, 0.25) is 0 Å². The third-order valence-corrected chi connectivity index (χ3v) is 0. The van der Waals surface area contributed by atoms with E-state index >= 15 is 0 Å². The molecule has 0 saturated carbocycles. The summed E-state index contributed by atoms with van der Waals surface area (Å²) in [6, 6.07) is 0. The molecule has 0 aliphatic heterocycles. The normalized spacial score (nSPS) is 2.40. The molecule has 0 radical (unpaired) electrons. The van der Waals surface area contributed by atoms with E-state index in [-0.39, 0.29) is 52.6 Å². The maximum absolute atomic E-state index is 8.36. The molecule has 0 aromatic rings. The van der Waals surface area contributed by atoms with Gasteiger partial charge in [-0.05, 0) is 0 Å². The quantitative estimate of drug-likeness (QED) is 0.278. The van der Waals surface area contributed by atoms with Gasteiger partial charge in [0.15, 0.2) is 0 Å². The molecule has 0 aliphatic rings. The van der Waals surface area contributed by atoms with Crippen molar-refractivity contribution in [2.45, 2.75) is 0 Å². The van der Waals surface area contributed by atoms with Crippen molar-refractivity contribution in [2.24, 2.45) is 0 Å². The molecule has 0 fully saturated rings. The molecular formula is CH6Mg2O2. The first-order chi connectivity index (χ1) is 1.41. The number of hydrogen-bond donors (Lipinski definition) is 1. The number of carbonyl (C=O) groups is 1. The molecule has 5 heavy (non-hydrogen) atoms. The van der Waals surface area contributed by atoms with Crippen molar-refractivity contribution >= 4 is 52.6 Å². The first-order valence-electron chi connectivity index (χ1n) is 0.494. The molecular weight excluding hydrogens is 92.6 g/mol. The lowest BCUT2D eigenvalue weighted by molar-refractivity contribution is -0.122. The fraction of sp³-hybridized carbons (Fsp3) is 0. The van der Waals surface area contributed by atoms with Crippen molar-refractivity contribution in [3.63, 3.8) is 0 Å². The highest BCUT2D eigenvalue weighted by molar-refractivity contribution is 5.76. The van der Waals surface area contributed by atoms with Crippen molar-refractivity contribution in [3.05, 3.63) is 0 Å². The highest BCUT2D eigenvalue weighted by Crippen LogP contribution is 0.966. The largest absolute Gasteiger partial charge is 0.483 e. The molecule has 0 rings (SSSR count). The zero-order chi connectivity index (χ0) is 2.71. The zero-order valence-corrected chi connectivity index (χ0v) is 1.43. The Bertz CT molecular complexity index is 15.1. The van der Waals surface area contributed by atoms with Crippen LogP contribution in [0.25, 0.3) is 0 Å². The van der Waals surface area contributed by atoms with Crippen molar-refractivity contribution in [3.8, 4) is 0 Å². The van der Waals surface area contributed by atoms with E-state index in [1.54, 1.807) is 0 Å². The van der Waals surface area contributed by atoms with Crippen LogP contribution in [-0.2, 0) is 4.79 Å². The van der Waals surface area contributed by atoms with E-state index in [2.05, 4.69) is 0 Å². The molecule has 0 unspecified atom stereocenters. The van der Waals surface area contributed by atoms with Gasteiger partial charge in [-0.25, -0.2) is 0 Å². The Morgan fingerprint density at radius 1 is 1.40 bits per heavy atom. The Kier molecular flexibility index (Phi) is 66.6. The maximum Gasteiger partial charge on any atom is 0.316 e. The van der Waals surface area contributed by atoms with Gasteiger partial charge in [0.1, 0.15) is 0 Å². The summed E-state index contributed by atoms with van der Waals surface area (Å²) < 4.78 is 0. The smallest absolute Gasteiger partial charge is 0.316 e. The molecule has 1 N–H and O–H groups in total. The Morgan fingerprint density at radius 2 is 1.40 bits per heavy atom. The summed E-state index contributed by atoms with van der Waals surface area (Å²) in [4.78, 5) is 8.36. The summed E-state index contributed by atoms with van der Waals surface area (Å²) in [5, 5.41) is 6.89. The molecule has 2 nitrogen and oxygen atoms in total. The highest BCUT2D eigenvalue weighted by Gasteiger charge is 1.22. The minimum absolute atomic E-state index is 0. The lowest BCUT2D eigenvalue weighted by Gasteiger charge is -1.34. The lowest BCUT2D eigenvalue weighted by Crippen LogP contribution is -1.49. The second-order valence-electron chi connectivity index (χ2n) is 0.105. The Labute approximate surface area is 62.2 Å². The van der Waals surface area contributed by atoms with E-state index in [1.165, 1.54) is 0 Å². The van der Waals surface area contributed by atoms with Crippen LogP contribution >= 0.6 is 0 Å². The molecule has 4 heteroatoms. The van der Waals surface area contributed by atoms with Gasteiger partial charge >= 0.3 is 46.1 Å². The second kappa shape index (κ2) is 20.0.